The number of ether oxygens (including phenoxy) is 1. The third kappa shape index (κ3) is 7.33. The van der Waals surface area contributed by atoms with E-state index in [9.17, 15) is 13.9 Å². The number of benzene rings is 1. The van der Waals surface area contributed by atoms with Crippen LogP contribution in [-0.2, 0) is 6.54 Å². The van der Waals surface area contributed by atoms with E-state index in [-0.39, 0.29) is 17.8 Å². The minimum atomic E-state index is -2.83. The lowest BCUT2D eigenvalue weighted by Crippen LogP contribution is -2.44. The van der Waals surface area contributed by atoms with Crippen molar-refractivity contribution in [2.24, 2.45) is 10.4 Å². The number of nitrogens with zero attached hydrogens (tertiary/aromatic N) is 1. The van der Waals surface area contributed by atoms with Gasteiger partial charge in [-0.1, -0.05) is 31.4 Å². The zero-order valence-corrected chi connectivity index (χ0v) is 16.0. The predicted octanol–water partition coefficient (Wildman–Crippen LogP) is 3.68. The molecule has 27 heavy (non-hydrogen) atoms. The SMILES string of the molecule is CCNC(=NCc1cccc(OC(F)F)c1)NCC1(CCO)CCCCC1. The second-order valence-corrected chi connectivity index (χ2v) is 7.11. The van der Waals surface area contributed by atoms with Crippen molar-refractivity contribution in [3.8, 4) is 5.75 Å². The maximum atomic E-state index is 12.4. The van der Waals surface area contributed by atoms with Crippen LogP contribution in [0, 0.1) is 5.41 Å². The van der Waals surface area contributed by atoms with E-state index >= 15 is 0 Å². The summed E-state index contributed by atoms with van der Waals surface area (Å²) >= 11 is 0. The Labute approximate surface area is 160 Å². The normalized spacial score (nSPS) is 17.0. The molecule has 0 amide bonds. The Hall–Kier alpha value is -1.89. The second kappa shape index (κ2) is 11.1. The van der Waals surface area contributed by atoms with E-state index in [0.717, 1.165) is 37.9 Å². The van der Waals surface area contributed by atoms with Gasteiger partial charge in [-0.3, -0.25) is 0 Å². The van der Waals surface area contributed by atoms with Gasteiger partial charge in [0.25, 0.3) is 0 Å². The van der Waals surface area contributed by atoms with Crippen LogP contribution in [0.5, 0.6) is 5.75 Å². The van der Waals surface area contributed by atoms with E-state index in [1.165, 1.54) is 25.3 Å². The molecule has 7 heteroatoms. The van der Waals surface area contributed by atoms with E-state index in [2.05, 4.69) is 20.4 Å². The molecule has 1 aliphatic rings. The summed E-state index contributed by atoms with van der Waals surface area (Å²) in [6, 6.07) is 6.60. The highest BCUT2D eigenvalue weighted by atomic mass is 19.3. The number of alkyl halides is 2. The minimum absolute atomic E-state index is 0.119. The lowest BCUT2D eigenvalue weighted by molar-refractivity contribution is -0.0498. The van der Waals surface area contributed by atoms with Crippen LogP contribution in [0.3, 0.4) is 0 Å². The van der Waals surface area contributed by atoms with Gasteiger partial charge in [0.15, 0.2) is 5.96 Å². The average molecular weight is 383 g/mol. The molecule has 3 N–H and O–H groups in total. The summed E-state index contributed by atoms with van der Waals surface area (Å²) in [5.74, 6) is 0.834. The highest BCUT2D eigenvalue weighted by Gasteiger charge is 2.31. The molecule has 5 nitrogen and oxygen atoms in total. The highest BCUT2D eigenvalue weighted by molar-refractivity contribution is 5.79. The number of aliphatic imine (C=N–C) groups is 1. The summed E-state index contributed by atoms with van der Waals surface area (Å²) in [5.41, 5.74) is 0.918. The van der Waals surface area contributed by atoms with Gasteiger partial charge >= 0.3 is 6.61 Å². The van der Waals surface area contributed by atoms with Gasteiger partial charge in [0.05, 0.1) is 6.54 Å². The predicted molar refractivity (Wildman–Crippen MR) is 103 cm³/mol. The minimum Gasteiger partial charge on any atom is -0.435 e. The first-order valence-corrected chi connectivity index (χ1v) is 9.74. The van der Waals surface area contributed by atoms with Crippen molar-refractivity contribution in [2.75, 3.05) is 19.7 Å². The lowest BCUT2D eigenvalue weighted by Gasteiger charge is -2.37. The Kier molecular flexibility index (Phi) is 8.78. The van der Waals surface area contributed by atoms with Gasteiger partial charge in [-0.15, -0.1) is 0 Å². The van der Waals surface area contributed by atoms with Crippen LogP contribution in [0.4, 0.5) is 8.78 Å². The molecule has 0 saturated heterocycles. The van der Waals surface area contributed by atoms with E-state index in [1.54, 1.807) is 12.1 Å². The number of aliphatic hydroxyl groups excluding tert-OH is 1. The highest BCUT2D eigenvalue weighted by Crippen LogP contribution is 2.38. The van der Waals surface area contributed by atoms with Gasteiger partial charge < -0.3 is 20.5 Å². The van der Waals surface area contributed by atoms with Crippen LogP contribution in [0.25, 0.3) is 0 Å². The average Bonchev–Trinajstić information content (AvgIpc) is 2.65. The fraction of sp³-hybridized carbons (Fsp3) is 0.650. The summed E-state index contributed by atoms with van der Waals surface area (Å²) in [5, 5.41) is 16.1. The first kappa shape index (κ1) is 21.4. The number of rotatable bonds is 9. The van der Waals surface area contributed by atoms with E-state index < -0.39 is 6.61 Å². The molecule has 0 radical (unpaired) electrons. The van der Waals surface area contributed by atoms with Gasteiger partial charge in [0, 0.05) is 19.7 Å². The van der Waals surface area contributed by atoms with Crippen LogP contribution in [-0.4, -0.2) is 37.4 Å². The van der Waals surface area contributed by atoms with Crippen molar-refractivity contribution in [1.82, 2.24) is 10.6 Å². The molecule has 1 aromatic rings. The molecule has 0 aromatic heterocycles. The lowest BCUT2D eigenvalue weighted by atomic mass is 9.72. The van der Waals surface area contributed by atoms with Crippen molar-refractivity contribution in [1.29, 1.82) is 0 Å². The molecule has 0 bridgehead atoms. The molecule has 0 spiro atoms. The number of halogens is 2. The monoisotopic (exact) mass is 383 g/mol. The Balaban J connectivity index is 1.99. The van der Waals surface area contributed by atoms with Crippen LogP contribution < -0.4 is 15.4 Å². The first-order chi connectivity index (χ1) is 13.1. The fourth-order valence-corrected chi connectivity index (χ4v) is 3.66. The van der Waals surface area contributed by atoms with Gasteiger partial charge in [0.2, 0.25) is 0 Å². The molecular weight excluding hydrogens is 352 g/mol. The zero-order valence-electron chi connectivity index (χ0n) is 16.0. The van der Waals surface area contributed by atoms with Gasteiger partial charge in [-0.05, 0) is 49.3 Å². The number of aliphatic hydroxyl groups is 1. The molecule has 0 aliphatic heterocycles. The smallest absolute Gasteiger partial charge is 0.387 e. The van der Waals surface area contributed by atoms with Crippen molar-refractivity contribution < 1.29 is 18.6 Å². The molecule has 1 saturated carbocycles. The molecule has 1 aromatic carbocycles. The van der Waals surface area contributed by atoms with Crippen molar-refractivity contribution >= 4 is 5.96 Å². The Bertz CT molecular complexity index is 585. The van der Waals surface area contributed by atoms with Gasteiger partial charge in [-0.25, -0.2) is 4.99 Å². The molecule has 0 unspecified atom stereocenters. The zero-order chi connectivity index (χ0) is 19.5. The number of hydrogen-bond donors (Lipinski definition) is 3. The molecule has 1 fully saturated rings. The van der Waals surface area contributed by atoms with Crippen LogP contribution >= 0.6 is 0 Å². The second-order valence-electron chi connectivity index (χ2n) is 7.11. The summed E-state index contributed by atoms with van der Waals surface area (Å²) in [4.78, 5) is 4.57. The summed E-state index contributed by atoms with van der Waals surface area (Å²) in [6.07, 6.45) is 6.70. The van der Waals surface area contributed by atoms with Gasteiger partial charge in [0.1, 0.15) is 5.75 Å². The molecule has 2 rings (SSSR count). The third-order valence-corrected chi connectivity index (χ3v) is 5.07. The van der Waals surface area contributed by atoms with E-state index in [4.69, 9.17) is 0 Å². The molecule has 152 valence electrons. The fourth-order valence-electron chi connectivity index (χ4n) is 3.66. The summed E-state index contributed by atoms with van der Waals surface area (Å²) in [7, 11) is 0. The summed E-state index contributed by atoms with van der Waals surface area (Å²) in [6.45, 7) is 1.23. The number of guanidine groups is 1. The Morgan fingerprint density at radius 2 is 2.04 bits per heavy atom. The Morgan fingerprint density at radius 3 is 2.70 bits per heavy atom. The molecule has 1 aliphatic carbocycles. The largest absolute Gasteiger partial charge is 0.435 e. The summed E-state index contributed by atoms with van der Waals surface area (Å²) < 4.78 is 29.1. The molecule has 0 atom stereocenters. The molecular formula is C20H31F2N3O2. The van der Waals surface area contributed by atoms with E-state index in [0.29, 0.717) is 12.5 Å². The maximum Gasteiger partial charge on any atom is 0.387 e. The topological polar surface area (TPSA) is 65.9 Å². The van der Waals surface area contributed by atoms with Gasteiger partial charge in [-0.2, -0.15) is 8.78 Å². The number of nitrogens with one attached hydrogen (secondary N) is 2. The quantitative estimate of drug-likeness (QED) is 0.450. The standard InChI is InChI=1S/C20H31F2N3O2/c1-2-23-19(25-15-20(11-12-26)9-4-3-5-10-20)24-14-16-7-6-8-17(13-16)27-18(21)22/h6-8,13,18,26H,2-5,9-12,14-15H2,1H3,(H2,23,24,25). The first-order valence-electron chi connectivity index (χ1n) is 9.74. The number of hydrogen-bond acceptors (Lipinski definition) is 3. The Morgan fingerprint density at radius 1 is 1.26 bits per heavy atom. The van der Waals surface area contributed by atoms with Crippen LogP contribution in [0.2, 0.25) is 0 Å². The van der Waals surface area contributed by atoms with E-state index in [1.807, 2.05) is 13.0 Å². The van der Waals surface area contributed by atoms with Crippen molar-refractivity contribution in [3.63, 3.8) is 0 Å². The van der Waals surface area contributed by atoms with Crippen LogP contribution in [0.15, 0.2) is 29.3 Å². The van der Waals surface area contributed by atoms with Crippen LogP contribution in [0.1, 0.15) is 51.0 Å². The maximum absolute atomic E-state index is 12.4. The molecule has 0 heterocycles. The van der Waals surface area contributed by atoms with Crippen molar-refractivity contribution in [2.45, 2.75) is 58.6 Å². The third-order valence-electron chi connectivity index (χ3n) is 5.07. The van der Waals surface area contributed by atoms with Crippen molar-refractivity contribution in [3.05, 3.63) is 29.8 Å².